The van der Waals surface area contributed by atoms with Gasteiger partial charge in [0, 0.05) is 62.2 Å². The Bertz CT molecular complexity index is 1540. The van der Waals surface area contributed by atoms with Crippen LogP contribution in [0, 0.1) is 0 Å². The van der Waals surface area contributed by atoms with Crippen LogP contribution in [0.3, 0.4) is 0 Å². The molecule has 0 atom stereocenters. The second kappa shape index (κ2) is 12.6. The summed E-state index contributed by atoms with van der Waals surface area (Å²) >= 11 is 0. The summed E-state index contributed by atoms with van der Waals surface area (Å²) in [7, 11) is 4.07. The highest BCUT2D eigenvalue weighted by Gasteiger charge is 2.33. The molecule has 0 saturated heterocycles. The molecule has 1 amide bonds. The molecule has 2 aliphatic heterocycles. The number of amides is 1. The molecule has 2 aliphatic rings. The van der Waals surface area contributed by atoms with Crippen LogP contribution in [0.15, 0.2) is 132 Å². The lowest BCUT2D eigenvalue weighted by molar-refractivity contribution is -0.124. The van der Waals surface area contributed by atoms with Gasteiger partial charge in [-0.15, -0.1) is 0 Å². The fourth-order valence-corrected chi connectivity index (χ4v) is 5.22. The molecule has 41 heavy (non-hydrogen) atoms. The molecule has 0 bridgehead atoms. The van der Waals surface area contributed by atoms with Crippen LogP contribution in [0.2, 0.25) is 0 Å². The quantitative estimate of drug-likeness (QED) is 0.283. The van der Waals surface area contributed by atoms with E-state index in [1.807, 2.05) is 73.8 Å². The fraction of sp³-hybridized carbons (Fsp3) is 0.194. The third-order valence-corrected chi connectivity index (χ3v) is 7.54. The number of phenols is 1. The number of aromatic hydroxyl groups is 1. The van der Waals surface area contributed by atoms with Crippen molar-refractivity contribution in [1.29, 1.82) is 0 Å². The van der Waals surface area contributed by atoms with Crippen molar-refractivity contribution in [3.05, 3.63) is 148 Å². The molecule has 0 aromatic heterocycles. The van der Waals surface area contributed by atoms with Gasteiger partial charge in [0.05, 0.1) is 5.70 Å². The molecule has 0 radical (unpaired) electrons. The summed E-state index contributed by atoms with van der Waals surface area (Å²) in [6.45, 7) is 2.12. The van der Waals surface area contributed by atoms with Gasteiger partial charge in [-0.1, -0.05) is 85.3 Å². The highest BCUT2D eigenvalue weighted by molar-refractivity contribution is 5.98. The monoisotopic (exact) mass is 543 g/mol. The molecule has 2 heterocycles. The first-order valence-electron chi connectivity index (χ1n) is 14.1. The summed E-state index contributed by atoms with van der Waals surface area (Å²) in [5.41, 5.74) is 9.42. The second-order valence-electron chi connectivity index (χ2n) is 10.6. The van der Waals surface area contributed by atoms with E-state index in [0.29, 0.717) is 12.8 Å². The van der Waals surface area contributed by atoms with Crippen molar-refractivity contribution in [3.63, 3.8) is 0 Å². The summed E-state index contributed by atoms with van der Waals surface area (Å²) in [6.07, 6.45) is 12.8. The number of nitrogens with one attached hydrogen (secondary N) is 1. The first kappa shape index (κ1) is 27.8. The van der Waals surface area contributed by atoms with Crippen LogP contribution >= 0.6 is 0 Å². The molecule has 5 rings (SSSR count). The maximum atomic E-state index is 14.0. The van der Waals surface area contributed by atoms with E-state index in [1.165, 1.54) is 11.3 Å². The molecule has 208 valence electrons. The lowest BCUT2D eigenvalue weighted by atomic mass is 9.88. The van der Waals surface area contributed by atoms with E-state index in [1.54, 1.807) is 12.1 Å². The lowest BCUT2D eigenvalue weighted by Gasteiger charge is -2.36. The smallest absolute Gasteiger partial charge is 0.258 e. The Morgan fingerprint density at radius 3 is 2.24 bits per heavy atom. The summed E-state index contributed by atoms with van der Waals surface area (Å²) in [4.78, 5) is 17.9. The van der Waals surface area contributed by atoms with E-state index in [2.05, 4.69) is 59.6 Å². The number of hydrogen-bond acceptors (Lipinski definition) is 4. The molecule has 5 nitrogen and oxygen atoms in total. The van der Waals surface area contributed by atoms with Crippen LogP contribution in [0.5, 0.6) is 5.75 Å². The molecule has 2 N–H and O–H groups in total. The number of hydrogen-bond donors (Lipinski definition) is 2. The third kappa shape index (κ3) is 6.69. The first-order chi connectivity index (χ1) is 19.9. The van der Waals surface area contributed by atoms with Crippen molar-refractivity contribution in [2.75, 3.05) is 19.0 Å². The van der Waals surface area contributed by atoms with Crippen LogP contribution in [-0.4, -0.2) is 30.0 Å². The fourth-order valence-electron chi connectivity index (χ4n) is 5.22. The summed E-state index contributed by atoms with van der Waals surface area (Å²) in [5.74, 6) is 0.246. The Labute approximate surface area is 243 Å². The minimum absolute atomic E-state index is 0.0191. The van der Waals surface area contributed by atoms with Crippen LogP contribution in [0.4, 0.5) is 5.69 Å². The molecule has 3 aromatic rings. The normalized spacial score (nSPS) is 15.4. The van der Waals surface area contributed by atoms with E-state index < -0.39 is 0 Å². The maximum absolute atomic E-state index is 14.0. The number of carbonyl (C=O) groups is 1. The van der Waals surface area contributed by atoms with E-state index in [-0.39, 0.29) is 11.7 Å². The predicted octanol–water partition coefficient (Wildman–Crippen LogP) is 7.11. The predicted molar refractivity (Wildman–Crippen MR) is 168 cm³/mol. The SMILES string of the molecule is CCC1=C(Cc2ccc(O)cc2)C(=O)N2C=C(/C=C/C=C/c3ccc(N(C)C)cc3)NC(Cc3ccccc3)=C2C1. The van der Waals surface area contributed by atoms with Gasteiger partial charge in [-0.3, -0.25) is 9.69 Å². The molecule has 0 aliphatic carbocycles. The Balaban J connectivity index is 1.43. The van der Waals surface area contributed by atoms with Gasteiger partial charge in [0.15, 0.2) is 0 Å². The van der Waals surface area contributed by atoms with E-state index in [4.69, 9.17) is 0 Å². The maximum Gasteiger partial charge on any atom is 0.258 e. The number of fused-ring (bicyclic) bond motifs is 1. The Hall–Kier alpha value is -4.77. The molecular weight excluding hydrogens is 506 g/mol. The number of rotatable bonds is 9. The van der Waals surface area contributed by atoms with Crippen LogP contribution in [0.1, 0.15) is 36.5 Å². The van der Waals surface area contributed by atoms with Crippen molar-refractivity contribution in [2.45, 2.75) is 32.6 Å². The van der Waals surface area contributed by atoms with E-state index in [0.717, 1.165) is 52.2 Å². The topological polar surface area (TPSA) is 55.8 Å². The van der Waals surface area contributed by atoms with Crippen molar-refractivity contribution in [3.8, 4) is 5.75 Å². The van der Waals surface area contributed by atoms with Crippen LogP contribution in [-0.2, 0) is 17.6 Å². The van der Waals surface area contributed by atoms with Crippen LogP contribution in [0.25, 0.3) is 6.08 Å². The number of benzene rings is 3. The van der Waals surface area contributed by atoms with Crippen molar-refractivity contribution in [2.24, 2.45) is 0 Å². The zero-order valence-electron chi connectivity index (χ0n) is 24.0. The summed E-state index contributed by atoms with van der Waals surface area (Å²) in [6, 6.07) is 25.9. The minimum atomic E-state index is 0.0191. The van der Waals surface area contributed by atoms with Gasteiger partial charge < -0.3 is 15.3 Å². The van der Waals surface area contributed by atoms with Crippen LogP contribution < -0.4 is 10.2 Å². The number of carbonyl (C=O) groups excluding carboxylic acids is 1. The first-order valence-corrected chi connectivity index (χ1v) is 14.1. The zero-order chi connectivity index (χ0) is 28.8. The highest BCUT2D eigenvalue weighted by atomic mass is 16.3. The molecule has 0 saturated carbocycles. The van der Waals surface area contributed by atoms with Crippen molar-refractivity contribution in [1.82, 2.24) is 10.2 Å². The van der Waals surface area contributed by atoms with Gasteiger partial charge in [-0.25, -0.2) is 0 Å². The van der Waals surface area contributed by atoms with Gasteiger partial charge in [0.2, 0.25) is 0 Å². The molecule has 0 spiro atoms. The van der Waals surface area contributed by atoms with Crippen molar-refractivity contribution < 1.29 is 9.90 Å². The molecule has 0 unspecified atom stereocenters. The Kier molecular flexibility index (Phi) is 8.54. The van der Waals surface area contributed by atoms with Gasteiger partial charge in [0.1, 0.15) is 5.75 Å². The average molecular weight is 544 g/mol. The molecule has 0 fully saturated rings. The average Bonchev–Trinajstić information content (AvgIpc) is 2.99. The lowest BCUT2D eigenvalue weighted by Crippen LogP contribution is -2.39. The number of nitrogens with zero attached hydrogens (tertiary/aromatic N) is 2. The van der Waals surface area contributed by atoms with E-state index >= 15 is 0 Å². The zero-order valence-corrected chi connectivity index (χ0v) is 24.0. The third-order valence-electron chi connectivity index (χ3n) is 7.54. The van der Waals surface area contributed by atoms with Gasteiger partial charge in [0.25, 0.3) is 5.91 Å². The molecule has 5 heteroatoms. The van der Waals surface area contributed by atoms with Gasteiger partial charge in [-0.05, 0) is 53.5 Å². The minimum Gasteiger partial charge on any atom is -0.508 e. The highest BCUT2D eigenvalue weighted by Crippen LogP contribution is 2.36. The second-order valence-corrected chi connectivity index (χ2v) is 10.6. The molecular formula is C36H37N3O2. The largest absolute Gasteiger partial charge is 0.508 e. The van der Waals surface area contributed by atoms with Gasteiger partial charge in [-0.2, -0.15) is 0 Å². The summed E-state index contributed by atoms with van der Waals surface area (Å²) < 4.78 is 0. The van der Waals surface area contributed by atoms with E-state index in [9.17, 15) is 9.90 Å². The standard InChI is InChI=1S/C36H37N3O2/c1-4-29-24-35-34(23-27-11-6-5-7-12-27)37-30(13-9-8-10-26-14-18-31(19-15-26)38(2)3)25-39(35)36(41)33(29)22-28-16-20-32(40)21-17-28/h5-21,25,37,40H,4,22-24H2,1-3H3/b10-8+,13-9+. The van der Waals surface area contributed by atoms with Gasteiger partial charge >= 0.3 is 0 Å². The summed E-state index contributed by atoms with van der Waals surface area (Å²) in [5, 5.41) is 13.3. The number of anilines is 1. The molecule has 3 aromatic carbocycles. The van der Waals surface area contributed by atoms with Crippen molar-refractivity contribution >= 4 is 17.7 Å². The number of phenolic OH excluding ortho intramolecular Hbond substituents is 1. The Morgan fingerprint density at radius 1 is 0.878 bits per heavy atom. The Morgan fingerprint density at radius 2 is 1.56 bits per heavy atom. The number of allylic oxidation sites excluding steroid dienone is 5.